The topological polar surface area (TPSA) is 64.4 Å². The summed E-state index contributed by atoms with van der Waals surface area (Å²) in [6.07, 6.45) is 1.07. The molecule has 0 unspecified atom stereocenters. The summed E-state index contributed by atoms with van der Waals surface area (Å²) in [5, 5.41) is 9.26. The summed E-state index contributed by atoms with van der Waals surface area (Å²) >= 11 is 0. The lowest BCUT2D eigenvalue weighted by Gasteiger charge is -2.37. The SMILES string of the molecule is CCC(C#N)(CC)C(=O)N1CCN(C(C)=O)CC1. The van der Waals surface area contributed by atoms with Gasteiger partial charge in [0.2, 0.25) is 11.8 Å². The fourth-order valence-electron chi connectivity index (χ4n) is 2.29. The second kappa shape index (κ2) is 5.85. The van der Waals surface area contributed by atoms with Gasteiger partial charge in [0, 0.05) is 33.1 Å². The predicted octanol–water partition coefficient (Wildman–Crippen LogP) is 1.01. The molecule has 1 heterocycles. The zero-order chi connectivity index (χ0) is 13.8. The van der Waals surface area contributed by atoms with Crippen LogP contribution in [0.15, 0.2) is 0 Å². The van der Waals surface area contributed by atoms with Gasteiger partial charge in [-0.1, -0.05) is 13.8 Å². The first-order valence-electron chi connectivity index (χ1n) is 6.47. The zero-order valence-electron chi connectivity index (χ0n) is 11.4. The van der Waals surface area contributed by atoms with Crippen molar-refractivity contribution < 1.29 is 9.59 Å². The van der Waals surface area contributed by atoms with Crippen LogP contribution in [0.3, 0.4) is 0 Å². The number of carbonyl (C=O) groups is 2. The smallest absolute Gasteiger partial charge is 0.243 e. The Morgan fingerprint density at radius 2 is 1.56 bits per heavy atom. The van der Waals surface area contributed by atoms with Gasteiger partial charge >= 0.3 is 0 Å². The second-order valence-electron chi connectivity index (χ2n) is 4.70. The molecule has 0 aromatic carbocycles. The highest BCUT2D eigenvalue weighted by Crippen LogP contribution is 2.28. The van der Waals surface area contributed by atoms with Crippen molar-refractivity contribution in [3.05, 3.63) is 0 Å². The average molecular weight is 251 g/mol. The van der Waals surface area contributed by atoms with Gasteiger partial charge in [-0.3, -0.25) is 9.59 Å². The summed E-state index contributed by atoms with van der Waals surface area (Å²) in [5.41, 5.74) is -0.890. The van der Waals surface area contributed by atoms with E-state index in [-0.39, 0.29) is 11.8 Å². The van der Waals surface area contributed by atoms with Crippen LogP contribution in [0, 0.1) is 16.7 Å². The third-order valence-electron chi connectivity index (χ3n) is 3.84. The Bertz CT molecular complexity index is 361. The van der Waals surface area contributed by atoms with Gasteiger partial charge in [0.15, 0.2) is 0 Å². The maximum atomic E-state index is 12.4. The van der Waals surface area contributed by atoms with E-state index in [2.05, 4.69) is 6.07 Å². The van der Waals surface area contributed by atoms with E-state index in [1.165, 1.54) is 6.92 Å². The molecular formula is C13H21N3O2. The van der Waals surface area contributed by atoms with Gasteiger partial charge in [0.1, 0.15) is 5.41 Å². The van der Waals surface area contributed by atoms with Crippen molar-refractivity contribution in [2.24, 2.45) is 5.41 Å². The van der Waals surface area contributed by atoms with Crippen LogP contribution in [0.5, 0.6) is 0 Å². The molecule has 0 radical (unpaired) electrons. The average Bonchev–Trinajstić information content (AvgIpc) is 2.41. The first-order valence-corrected chi connectivity index (χ1v) is 6.47. The summed E-state index contributed by atoms with van der Waals surface area (Å²) in [5.74, 6) is -0.0437. The Morgan fingerprint density at radius 1 is 1.11 bits per heavy atom. The van der Waals surface area contributed by atoms with E-state index in [1.807, 2.05) is 13.8 Å². The number of rotatable bonds is 3. The Kier molecular flexibility index (Phi) is 4.71. The summed E-state index contributed by atoms with van der Waals surface area (Å²) in [6.45, 7) is 7.47. The number of piperazine rings is 1. The van der Waals surface area contributed by atoms with Gasteiger partial charge in [0.25, 0.3) is 0 Å². The molecule has 1 saturated heterocycles. The van der Waals surface area contributed by atoms with E-state index in [1.54, 1.807) is 9.80 Å². The number of hydrogen-bond donors (Lipinski definition) is 0. The number of carbonyl (C=O) groups excluding carboxylic acids is 2. The van der Waals surface area contributed by atoms with Crippen molar-refractivity contribution >= 4 is 11.8 Å². The van der Waals surface area contributed by atoms with Crippen LogP contribution < -0.4 is 0 Å². The van der Waals surface area contributed by atoms with E-state index in [4.69, 9.17) is 0 Å². The minimum Gasteiger partial charge on any atom is -0.339 e. The molecule has 0 N–H and O–H groups in total. The molecule has 0 aliphatic carbocycles. The van der Waals surface area contributed by atoms with Crippen molar-refractivity contribution in [2.45, 2.75) is 33.6 Å². The van der Waals surface area contributed by atoms with Crippen LogP contribution in [0.1, 0.15) is 33.6 Å². The van der Waals surface area contributed by atoms with Crippen molar-refractivity contribution in [3.63, 3.8) is 0 Å². The van der Waals surface area contributed by atoms with Crippen molar-refractivity contribution in [1.82, 2.24) is 9.80 Å². The van der Waals surface area contributed by atoms with Crippen molar-refractivity contribution in [2.75, 3.05) is 26.2 Å². The fourth-order valence-corrected chi connectivity index (χ4v) is 2.29. The summed E-state index contributed by atoms with van der Waals surface area (Å²) in [4.78, 5) is 27.1. The number of nitriles is 1. The van der Waals surface area contributed by atoms with Crippen LogP contribution in [-0.2, 0) is 9.59 Å². The Labute approximate surface area is 108 Å². The Hall–Kier alpha value is -1.57. The highest BCUT2D eigenvalue weighted by atomic mass is 16.2. The minimum absolute atomic E-state index is 0.0413. The lowest BCUT2D eigenvalue weighted by Crippen LogP contribution is -2.53. The van der Waals surface area contributed by atoms with Gasteiger partial charge in [-0.05, 0) is 12.8 Å². The normalized spacial score (nSPS) is 16.3. The minimum atomic E-state index is -0.890. The molecule has 0 saturated carbocycles. The first kappa shape index (κ1) is 14.5. The van der Waals surface area contributed by atoms with Crippen LogP contribution in [-0.4, -0.2) is 47.8 Å². The second-order valence-corrected chi connectivity index (χ2v) is 4.70. The summed E-state index contributed by atoms with van der Waals surface area (Å²) in [6, 6.07) is 2.17. The standard InChI is InChI=1S/C13H21N3O2/c1-4-13(5-2,10-14)12(18)16-8-6-15(7-9-16)11(3)17/h4-9H2,1-3H3. The molecule has 0 spiro atoms. The molecule has 1 aliphatic rings. The first-order chi connectivity index (χ1) is 8.50. The van der Waals surface area contributed by atoms with Gasteiger partial charge in [-0.15, -0.1) is 0 Å². The molecule has 5 nitrogen and oxygen atoms in total. The lowest BCUT2D eigenvalue weighted by molar-refractivity contribution is -0.144. The number of hydrogen-bond acceptors (Lipinski definition) is 3. The zero-order valence-corrected chi connectivity index (χ0v) is 11.4. The van der Waals surface area contributed by atoms with Gasteiger partial charge in [0.05, 0.1) is 6.07 Å². The molecular weight excluding hydrogens is 230 g/mol. The molecule has 0 aromatic rings. The van der Waals surface area contributed by atoms with Crippen LogP contribution in [0.25, 0.3) is 0 Å². The monoisotopic (exact) mass is 251 g/mol. The van der Waals surface area contributed by atoms with Gasteiger partial charge < -0.3 is 9.80 Å². The van der Waals surface area contributed by atoms with Crippen LogP contribution in [0.2, 0.25) is 0 Å². The summed E-state index contributed by atoms with van der Waals surface area (Å²) < 4.78 is 0. The number of nitrogens with zero attached hydrogens (tertiary/aromatic N) is 3. The highest BCUT2D eigenvalue weighted by molar-refractivity contribution is 5.85. The Morgan fingerprint density at radius 3 is 1.89 bits per heavy atom. The fraction of sp³-hybridized carbons (Fsp3) is 0.769. The molecule has 100 valence electrons. The molecule has 5 heteroatoms. The lowest BCUT2D eigenvalue weighted by atomic mass is 9.82. The quantitative estimate of drug-likeness (QED) is 0.752. The molecule has 1 fully saturated rings. The van der Waals surface area contributed by atoms with E-state index < -0.39 is 5.41 Å². The summed E-state index contributed by atoms with van der Waals surface area (Å²) in [7, 11) is 0. The third kappa shape index (κ3) is 2.63. The molecule has 1 aliphatic heterocycles. The molecule has 2 amide bonds. The van der Waals surface area contributed by atoms with E-state index in [0.717, 1.165) is 0 Å². The van der Waals surface area contributed by atoms with Gasteiger partial charge in [-0.2, -0.15) is 5.26 Å². The van der Waals surface area contributed by atoms with E-state index in [0.29, 0.717) is 39.0 Å². The molecule has 0 atom stereocenters. The maximum Gasteiger partial charge on any atom is 0.243 e. The van der Waals surface area contributed by atoms with Crippen LogP contribution >= 0.6 is 0 Å². The third-order valence-corrected chi connectivity index (χ3v) is 3.84. The van der Waals surface area contributed by atoms with E-state index in [9.17, 15) is 14.9 Å². The molecule has 18 heavy (non-hydrogen) atoms. The predicted molar refractivity (Wildman–Crippen MR) is 67.5 cm³/mol. The van der Waals surface area contributed by atoms with E-state index >= 15 is 0 Å². The largest absolute Gasteiger partial charge is 0.339 e. The maximum absolute atomic E-state index is 12.4. The van der Waals surface area contributed by atoms with Crippen LogP contribution in [0.4, 0.5) is 0 Å². The molecule has 0 aromatic heterocycles. The van der Waals surface area contributed by atoms with Gasteiger partial charge in [-0.25, -0.2) is 0 Å². The Balaban J connectivity index is 2.70. The number of amides is 2. The molecule has 1 rings (SSSR count). The van der Waals surface area contributed by atoms with Crippen molar-refractivity contribution in [3.8, 4) is 6.07 Å². The molecule has 0 bridgehead atoms. The highest BCUT2D eigenvalue weighted by Gasteiger charge is 2.39. The van der Waals surface area contributed by atoms with Crippen molar-refractivity contribution in [1.29, 1.82) is 5.26 Å².